The van der Waals surface area contributed by atoms with E-state index in [2.05, 4.69) is 20.4 Å². The number of alkyl halides is 3. The molecule has 0 unspecified atom stereocenters. The van der Waals surface area contributed by atoms with Crippen LogP contribution in [0, 0.1) is 0 Å². The average Bonchev–Trinajstić information content (AvgIpc) is 3.20. The Balaban J connectivity index is 1.71. The van der Waals surface area contributed by atoms with E-state index in [1.54, 1.807) is 19.1 Å². The minimum absolute atomic E-state index is 0.0273. The molecule has 5 N–H and O–H groups in total. The van der Waals surface area contributed by atoms with Crippen molar-refractivity contribution >= 4 is 29.3 Å². The lowest BCUT2D eigenvalue weighted by atomic mass is 10.0. The van der Waals surface area contributed by atoms with Gasteiger partial charge in [0.1, 0.15) is 11.4 Å². The zero-order chi connectivity index (χ0) is 24.9. The molecule has 2 aromatic carbocycles. The number of primary amides is 1. The molecule has 0 saturated heterocycles. The molecule has 0 atom stereocenters. The van der Waals surface area contributed by atoms with E-state index >= 15 is 0 Å². The number of aromatic amines is 1. The van der Waals surface area contributed by atoms with Crippen molar-refractivity contribution in [1.82, 2.24) is 4.98 Å². The molecule has 0 saturated carbocycles. The van der Waals surface area contributed by atoms with E-state index in [0.29, 0.717) is 11.3 Å². The van der Waals surface area contributed by atoms with E-state index in [0.717, 1.165) is 12.1 Å². The highest BCUT2D eigenvalue weighted by atomic mass is 19.4. The number of carbonyl (C=O) groups excluding carboxylic acids is 3. The number of hydrogen-bond acceptors (Lipinski definition) is 5. The lowest BCUT2D eigenvalue weighted by Crippen LogP contribution is -2.19. The summed E-state index contributed by atoms with van der Waals surface area (Å²) >= 11 is 0. The molecular formula is C22H19F3N4O5. The Labute approximate surface area is 191 Å². The zero-order valence-corrected chi connectivity index (χ0v) is 17.7. The summed E-state index contributed by atoms with van der Waals surface area (Å²) < 4.78 is 45.4. The Morgan fingerprint density at radius 1 is 0.971 bits per heavy atom. The fourth-order valence-corrected chi connectivity index (χ4v) is 3.04. The summed E-state index contributed by atoms with van der Waals surface area (Å²) in [5, 5.41) is 5.03. The van der Waals surface area contributed by atoms with Gasteiger partial charge in [0.25, 0.3) is 5.91 Å². The molecule has 3 aromatic rings. The number of ether oxygens (including phenoxy) is 2. The molecule has 9 nitrogen and oxygen atoms in total. The molecule has 0 aliphatic carbocycles. The summed E-state index contributed by atoms with van der Waals surface area (Å²) in [5.41, 5.74) is 6.90. The van der Waals surface area contributed by atoms with Crippen molar-refractivity contribution in [2.24, 2.45) is 5.73 Å². The van der Waals surface area contributed by atoms with Crippen LogP contribution in [0.1, 0.15) is 27.8 Å². The maximum Gasteiger partial charge on any atom is 0.573 e. The van der Waals surface area contributed by atoms with Crippen molar-refractivity contribution in [1.29, 1.82) is 0 Å². The second-order valence-corrected chi connectivity index (χ2v) is 6.77. The number of carbonyl (C=O) groups is 3. The number of H-pyrrole nitrogens is 1. The molecule has 0 aliphatic rings. The Morgan fingerprint density at radius 3 is 2.03 bits per heavy atom. The largest absolute Gasteiger partial charge is 0.573 e. The summed E-state index contributed by atoms with van der Waals surface area (Å²) in [5.74, 6) is -1.82. The van der Waals surface area contributed by atoms with Crippen molar-refractivity contribution < 1.29 is 37.0 Å². The van der Waals surface area contributed by atoms with Gasteiger partial charge in [0.2, 0.25) is 0 Å². The smallest absolute Gasteiger partial charge is 0.462 e. The standard InChI is InChI=1S/C22H19F3N4O5/c1-2-33-20(31)16-11-27-18(19(26)30)17(16)12-3-5-13(6-4-12)28-21(32)29-14-7-9-15(10-8-14)34-22(23,24)25/h3-11,27H,2H2,1H3,(H2,26,30)(H2,28,29,32). The average molecular weight is 476 g/mol. The fourth-order valence-electron chi connectivity index (χ4n) is 3.04. The van der Waals surface area contributed by atoms with Crippen molar-refractivity contribution in [3.05, 3.63) is 66.0 Å². The first-order valence-electron chi connectivity index (χ1n) is 9.80. The number of aromatic nitrogens is 1. The summed E-state index contributed by atoms with van der Waals surface area (Å²) in [7, 11) is 0. The second kappa shape index (κ2) is 9.98. The van der Waals surface area contributed by atoms with E-state index in [1.807, 2.05) is 0 Å². The van der Waals surface area contributed by atoms with Crippen molar-refractivity contribution in [2.75, 3.05) is 17.2 Å². The van der Waals surface area contributed by atoms with Crippen molar-refractivity contribution in [3.63, 3.8) is 0 Å². The molecular weight excluding hydrogens is 457 g/mol. The van der Waals surface area contributed by atoms with Crippen LogP contribution >= 0.6 is 0 Å². The molecule has 34 heavy (non-hydrogen) atoms. The van der Waals surface area contributed by atoms with Gasteiger partial charge in [-0.15, -0.1) is 13.2 Å². The SMILES string of the molecule is CCOC(=O)c1c[nH]c(C(N)=O)c1-c1ccc(NC(=O)Nc2ccc(OC(F)(F)F)cc2)cc1. The number of hydrogen-bond donors (Lipinski definition) is 4. The van der Waals surface area contributed by atoms with Gasteiger partial charge in [0, 0.05) is 23.1 Å². The highest BCUT2D eigenvalue weighted by molar-refractivity contribution is 6.07. The topological polar surface area (TPSA) is 136 Å². The first-order chi connectivity index (χ1) is 16.1. The Bertz CT molecular complexity index is 1190. The molecule has 3 amide bonds. The van der Waals surface area contributed by atoms with Crippen LogP contribution in [0.4, 0.5) is 29.3 Å². The number of amides is 3. The summed E-state index contributed by atoms with van der Waals surface area (Å²) in [6, 6.07) is 10.2. The van der Waals surface area contributed by atoms with E-state index in [-0.39, 0.29) is 29.1 Å². The normalized spacial score (nSPS) is 10.9. The van der Waals surface area contributed by atoms with E-state index in [1.165, 1.54) is 30.5 Å². The number of esters is 1. The summed E-state index contributed by atoms with van der Waals surface area (Å²) in [4.78, 5) is 38.9. The van der Waals surface area contributed by atoms with Crippen LogP contribution in [-0.2, 0) is 4.74 Å². The Kier molecular flexibility index (Phi) is 7.09. The number of urea groups is 1. The van der Waals surface area contributed by atoms with Gasteiger partial charge in [-0.25, -0.2) is 9.59 Å². The number of benzene rings is 2. The van der Waals surface area contributed by atoms with Gasteiger partial charge in [-0.2, -0.15) is 0 Å². The van der Waals surface area contributed by atoms with E-state index in [4.69, 9.17) is 10.5 Å². The van der Waals surface area contributed by atoms with Crippen LogP contribution in [0.3, 0.4) is 0 Å². The quantitative estimate of drug-likeness (QED) is 0.373. The monoisotopic (exact) mass is 476 g/mol. The number of nitrogens with two attached hydrogens (primary N) is 1. The first kappa shape index (κ1) is 24.2. The third-order valence-corrected chi connectivity index (χ3v) is 4.40. The highest BCUT2D eigenvalue weighted by Crippen LogP contribution is 2.30. The maximum atomic E-state index is 12.2. The van der Waals surface area contributed by atoms with E-state index < -0.39 is 30.0 Å². The first-order valence-corrected chi connectivity index (χ1v) is 9.80. The number of rotatable bonds is 7. The van der Waals surface area contributed by atoms with Crippen LogP contribution in [-0.4, -0.2) is 35.9 Å². The van der Waals surface area contributed by atoms with Gasteiger partial charge in [0.05, 0.1) is 12.2 Å². The van der Waals surface area contributed by atoms with Gasteiger partial charge < -0.3 is 30.8 Å². The predicted molar refractivity (Wildman–Crippen MR) is 116 cm³/mol. The van der Waals surface area contributed by atoms with Gasteiger partial charge in [-0.3, -0.25) is 4.79 Å². The predicted octanol–water partition coefficient (Wildman–Crippen LogP) is 4.50. The summed E-state index contributed by atoms with van der Waals surface area (Å²) in [6.45, 7) is 1.79. The molecule has 0 aliphatic heterocycles. The molecule has 0 spiro atoms. The van der Waals surface area contributed by atoms with Crippen LogP contribution in [0.15, 0.2) is 54.7 Å². The molecule has 3 rings (SSSR count). The minimum atomic E-state index is -4.81. The van der Waals surface area contributed by atoms with Crippen molar-refractivity contribution in [2.45, 2.75) is 13.3 Å². The molecule has 0 fully saturated rings. The molecule has 12 heteroatoms. The van der Waals surface area contributed by atoms with E-state index in [9.17, 15) is 27.6 Å². The minimum Gasteiger partial charge on any atom is -0.462 e. The second-order valence-electron chi connectivity index (χ2n) is 6.77. The maximum absolute atomic E-state index is 12.2. The van der Waals surface area contributed by atoms with Gasteiger partial charge in [-0.1, -0.05) is 12.1 Å². The van der Waals surface area contributed by atoms with Crippen LogP contribution in [0.25, 0.3) is 11.1 Å². The molecule has 1 aromatic heterocycles. The zero-order valence-electron chi connectivity index (χ0n) is 17.7. The summed E-state index contributed by atoms with van der Waals surface area (Å²) in [6.07, 6.45) is -3.48. The lowest BCUT2D eigenvalue weighted by Gasteiger charge is -2.11. The van der Waals surface area contributed by atoms with Gasteiger partial charge in [-0.05, 0) is 48.9 Å². The van der Waals surface area contributed by atoms with Crippen LogP contribution in [0.5, 0.6) is 5.75 Å². The van der Waals surface area contributed by atoms with Crippen molar-refractivity contribution in [3.8, 4) is 16.9 Å². The third kappa shape index (κ3) is 6.06. The molecule has 178 valence electrons. The highest BCUT2D eigenvalue weighted by Gasteiger charge is 2.31. The Morgan fingerprint density at radius 2 is 1.53 bits per heavy atom. The molecule has 1 heterocycles. The van der Waals surface area contributed by atoms with Gasteiger partial charge >= 0.3 is 18.4 Å². The molecule has 0 bridgehead atoms. The third-order valence-electron chi connectivity index (χ3n) is 4.40. The number of nitrogens with one attached hydrogen (secondary N) is 3. The van der Waals surface area contributed by atoms with Crippen LogP contribution in [0.2, 0.25) is 0 Å². The fraction of sp³-hybridized carbons (Fsp3) is 0.136. The number of halogens is 3. The lowest BCUT2D eigenvalue weighted by molar-refractivity contribution is -0.274. The number of anilines is 2. The Hall–Kier alpha value is -4.48. The molecule has 0 radical (unpaired) electrons. The van der Waals surface area contributed by atoms with Gasteiger partial charge in [0.15, 0.2) is 0 Å². The van der Waals surface area contributed by atoms with Crippen LogP contribution < -0.4 is 21.1 Å².